The molecule has 0 aliphatic heterocycles. The van der Waals surface area contributed by atoms with E-state index in [2.05, 4.69) is 15.6 Å². The molecule has 1 amide bonds. The predicted molar refractivity (Wildman–Crippen MR) is 78.7 cm³/mol. The second-order valence-corrected chi connectivity index (χ2v) is 5.72. The average Bonchev–Trinajstić information content (AvgIpc) is 3.14. The number of hydrogen-bond acceptors (Lipinski definition) is 5. The van der Waals surface area contributed by atoms with Gasteiger partial charge in [-0.3, -0.25) is 9.48 Å². The fourth-order valence-electron chi connectivity index (χ4n) is 2.91. The van der Waals surface area contributed by atoms with Crippen LogP contribution in [0.15, 0.2) is 16.9 Å². The number of carbonyl (C=O) groups excluding carboxylic acids is 1. The van der Waals surface area contributed by atoms with Gasteiger partial charge < -0.3 is 14.6 Å². The van der Waals surface area contributed by atoms with Crippen molar-refractivity contribution in [2.24, 2.45) is 7.05 Å². The molecular formula is C15H20N4O3. The molecule has 2 atom stereocenters. The molecule has 0 saturated heterocycles. The molecule has 1 fully saturated rings. The number of hydrogen-bond donors (Lipinski definition) is 1. The number of ether oxygens (including phenoxy) is 1. The highest BCUT2D eigenvalue weighted by atomic mass is 16.5. The van der Waals surface area contributed by atoms with E-state index in [1.165, 1.54) is 0 Å². The minimum Gasteiger partial charge on any atom is -0.485 e. The number of carbonyl (C=O) groups is 1. The highest BCUT2D eigenvalue weighted by Gasteiger charge is 2.32. The first kappa shape index (κ1) is 14.6. The lowest BCUT2D eigenvalue weighted by Crippen LogP contribution is -2.42. The molecule has 0 spiro atoms. The summed E-state index contributed by atoms with van der Waals surface area (Å²) in [5, 5.41) is 11.0. The van der Waals surface area contributed by atoms with E-state index in [9.17, 15) is 4.79 Å². The monoisotopic (exact) mass is 304 g/mol. The average molecular weight is 304 g/mol. The first-order chi connectivity index (χ1) is 10.5. The number of amides is 1. The van der Waals surface area contributed by atoms with E-state index in [1.807, 2.05) is 13.2 Å². The third-order valence-electron chi connectivity index (χ3n) is 4.00. The van der Waals surface area contributed by atoms with E-state index in [1.54, 1.807) is 24.7 Å². The van der Waals surface area contributed by atoms with E-state index < -0.39 is 0 Å². The van der Waals surface area contributed by atoms with Crippen LogP contribution in [0.4, 0.5) is 0 Å². The first-order valence-corrected chi connectivity index (χ1v) is 7.43. The molecule has 1 saturated carbocycles. The summed E-state index contributed by atoms with van der Waals surface area (Å²) in [5.41, 5.74) is 1.13. The lowest BCUT2D eigenvalue weighted by atomic mass is 10.1. The lowest BCUT2D eigenvalue weighted by molar-refractivity contribution is 0.0892. The molecule has 7 heteroatoms. The maximum Gasteiger partial charge on any atom is 0.257 e. The summed E-state index contributed by atoms with van der Waals surface area (Å²) < 4.78 is 12.7. The Morgan fingerprint density at radius 1 is 1.45 bits per heavy atom. The molecule has 2 aromatic heterocycles. The fourth-order valence-corrected chi connectivity index (χ4v) is 2.91. The highest BCUT2D eigenvalue weighted by Crippen LogP contribution is 2.25. The van der Waals surface area contributed by atoms with Crippen molar-refractivity contribution in [2.45, 2.75) is 45.3 Å². The Bertz CT molecular complexity index is 657. The third-order valence-corrected chi connectivity index (χ3v) is 4.00. The molecule has 0 aromatic carbocycles. The Balaban J connectivity index is 1.67. The molecule has 1 N–H and O–H groups in total. The molecule has 1 aliphatic carbocycles. The molecule has 2 heterocycles. The summed E-state index contributed by atoms with van der Waals surface area (Å²) in [6.45, 7) is 3.51. The lowest BCUT2D eigenvalue weighted by Gasteiger charge is -2.21. The van der Waals surface area contributed by atoms with Crippen LogP contribution in [0.2, 0.25) is 0 Å². The Hall–Kier alpha value is -2.31. The van der Waals surface area contributed by atoms with Crippen LogP contribution >= 0.6 is 0 Å². The molecule has 0 unspecified atom stereocenters. The van der Waals surface area contributed by atoms with Crippen molar-refractivity contribution >= 4 is 5.91 Å². The van der Waals surface area contributed by atoms with E-state index in [0.29, 0.717) is 17.0 Å². The first-order valence-electron chi connectivity index (χ1n) is 7.43. The van der Waals surface area contributed by atoms with Crippen LogP contribution < -0.4 is 10.1 Å². The summed E-state index contributed by atoms with van der Waals surface area (Å²) in [4.78, 5) is 12.4. The standard InChI is InChI=1S/C15H20N4O3/c1-9-14(10(2)22-18-9)15(20)17-12-5-4-6-13(12)21-11-7-16-19(3)8-11/h7-8,12-13H,4-6H2,1-3H3,(H,17,20)/t12-,13+/m0/s1. The normalized spacial score (nSPS) is 21.0. The van der Waals surface area contributed by atoms with E-state index in [-0.39, 0.29) is 18.1 Å². The van der Waals surface area contributed by atoms with Crippen LogP contribution in [0.5, 0.6) is 5.75 Å². The largest absolute Gasteiger partial charge is 0.485 e. The van der Waals surface area contributed by atoms with Gasteiger partial charge in [-0.15, -0.1) is 0 Å². The Morgan fingerprint density at radius 2 is 2.27 bits per heavy atom. The Morgan fingerprint density at radius 3 is 2.91 bits per heavy atom. The van der Waals surface area contributed by atoms with Gasteiger partial charge in [0.05, 0.1) is 24.1 Å². The van der Waals surface area contributed by atoms with Crippen LogP contribution in [0.25, 0.3) is 0 Å². The molecule has 7 nitrogen and oxygen atoms in total. The molecule has 0 radical (unpaired) electrons. The van der Waals surface area contributed by atoms with Gasteiger partial charge in [0.15, 0.2) is 5.75 Å². The summed E-state index contributed by atoms with van der Waals surface area (Å²) >= 11 is 0. The van der Waals surface area contributed by atoms with Gasteiger partial charge in [0.2, 0.25) is 0 Å². The summed E-state index contributed by atoms with van der Waals surface area (Å²) in [6, 6.07) is -0.0126. The Kier molecular flexibility index (Phi) is 3.87. The minimum absolute atomic E-state index is 0.0126. The second kappa shape index (κ2) is 5.82. The van der Waals surface area contributed by atoms with Crippen molar-refractivity contribution in [1.29, 1.82) is 0 Å². The van der Waals surface area contributed by atoms with Gasteiger partial charge in [-0.2, -0.15) is 5.10 Å². The van der Waals surface area contributed by atoms with Crippen molar-refractivity contribution in [2.75, 3.05) is 0 Å². The maximum absolute atomic E-state index is 12.4. The quantitative estimate of drug-likeness (QED) is 0.930. The predicted octanol–water partition coefficient (Wildman–Crippen LogP) is 1.75. The van der Waals surface area contributed by atoms with Crippen molar-refractivity contribution < 1.29 is 14.1 Å². The minimum atomic E-state index is -0.150. The van der Waals surface area contributed by atoms with Gasteiger partial charge >= 0.3 is 0 Å². The van der Waals surface area contributed by atoms with Crippen LogP contribution in [0.1, 0.15) is 41.1 Å². The van der Waals surface area contributed by atoms with E-state index in [4.69, 9.17) is 9.26 Å². The van der Waals surface area contributed by atoms with Gasteiger partial charge in [0.25, 0.3) is 5.91 Å². The van der Waals surface area contributed by atoms with E-state index in [0.717, 1.165) is 25.0 Å². The maximum atomic E-state index is 12.4. The van der Waals surface area contributed by atoms with Gasteiger partial charge in [-0.05, 0) is 33.1 Å². The molecular weight excluding hydrogens is 284 g/mol. The van der Waals surface area contributed by atoms with Crippen LogP contribution in [0.3, 0.4) is 0 Å². The van der Waals surface area contributed by atoms with Gasteiger partial charge in [-0.25, -0.2) is 0 Å². The summed E-state index contributed by atoms with van der Waals surface area (Å²) in [7, 11) is 1.85. The zero-order valence-electron chi connectivity index (χ0n) is 13.0. The van der Waals surface area contributed by atoms with Crippen LogP contribution in [-0.2, 0) is 7.05 Å². The number of aryl methyl sites for hydroxylation is 3. The topological polar surface area (TPSA) is 82.2 Å². The zero-order valence-corrected chi connectivity index (χ0v) is 13.0. The summed E-state index contributed by atoms with van der Waals surface area (Å²) in [6.07, 6.45) is 6.32. The van der Waals surface area contributed by atoms with Gasteiger partial charge in [-0.1, -0.05) is 5.16 Å². The SMILES string of the molecule is Cc1noc(C)c1C(=O)N[C@H]1CCC[C@H]1Oc1cnn(C)c1. The molecule has 22 heavy (non-hydrogen) atoms. The van der Waals surface area contributed by atoms with Gasteiger partial charge in [0.1, 0.15) is 17.4 Å². The summed E-state index contributed by atoms with van der Waals surface area (Å²) in [5.74, 6) is 1.12. The number of nitrogens with one attached hydrogen (secondary N) is 1. The second-order valence-electron chi connectivity index (χ2n) is 5.72. The van der Waals surface area contributed by atoms with Crippen molar-refractivity contribution in [3.63, 3.8) is 0 Å². The van der Waals surface area contributed by atoms with Crippen molar-refractivity contribution in [3.05, 3.63) is 29.4 Å². The molecule has 2 aromatic rings. The Labute approximate surface area is 128 Å². The molecule has 0 bridgehead atoms. The number of aromatic nitrogens is 3. The van der Waals surface area contributed by atoms with Crippen LogP contribution in [0, 0.1) is 13.8 Å². The number of rotatable bonds is 4. The molecule has 118 valence electrons. The van der Waals surface area contributed by atoms with Crippen LogP contribution in [-0.4, -0.2) is 33.0 Å². The fraction of sp³-hybridized carbons (Fsp3) is 0.533. The smallest absolute Gasteiger partial charge is 0.257 e. The molecule has 1 aliphatic rings. The van der Waals surface area contributed by atoms with Gasteiger partial charge in [0, 0.05) is 7.05 Å². The number of nitrogens with zero attached hydrogens (tertiary/aromatic N) is 3. The molecule has 3 rings (SSSR count). The highest BCUT2D eigenvalue weighted by molar-refractivity contribution is 5.96. The van der Waals surface area contributed by atoms with E-state index >= 15 is 0 Å². The van der Waals surface area contributed by atoms with Crippen molar-refractivity contribution in [3.8, 4) is 5.75 Å². The third kappa shape index (κ3) is 2.84. The van der Waals surface area contributed by atoms with Crippen molar-refractivity contribution in [1.82, 2.24) is 20.3 Å². The zero-order chi connectivity index (χ0) is 15.7.